The van der Waals surface area contributed by atoms with Gasteiger partial charge in [-0.2, -0.15) is 0 Å². The highest BCUT2D eigenvalue weighted by Gasteiger charge is 2.31. The maximum atomic E-state index is 6.12. The molecule has 1 aromatic rings. The Kier molecular flexibility index (Phi) is 3.00. The average molecular weight is 241 g/mol. The Hall–Kier alpha value is -0.930. The fourth-order valence-electron chi connectivity index (χ4n) is 2.10. The zero-order valence-electron chi connectivity index (χ0n) is 9.66. The molecule has 0 spiro atoms. The first-order valence-corrected chi connectivity index (χ1v) is 5.77. The summed E-state index contributed by atoms with van der Waals surface area (Å²) in [5.74, 6) is 0.849. The van der Waals surface area contributed by atoms with E-state index in [2.05, 4.69) is 11.8 Å². The standard InChI is InChI=1S/C12H17ClN2O/c1-12(14)5-6-15(8-12)10-7-9(13)3-4-11(10)16-2/h3-4,7H,5-6,8,14H2,1-2H3. The second-order valence-corrected chi connectivity index (χ2v) is 5.08. The van der Waals surface area contributed by atoms with E-state index in [1.165, 1.54) is 0 Å². The molecule has 0 aliphatic carbocycles. The minimum atomic E-state index is -0.118. The van der Waals surface area contributed by atoms with Crippen LogP contribution in [0.15, 0.2) is 18.2 Å². The van der Waals surface area contributed by atoms with Crippen molar-refractivity contribution in [3.63, 3.8) is 0 Å². The number of rotatable bonds is 2. The van der Waals surface area contributed by atoms with Gasteiger partial charge in [0.05, 0.1) is 12.8 Å². The van der Waals surface area contributed by atoms with Gasteiger partial charge in [0.15, 0.2) is 0 Å². The van der Waals surface area contributed by atoms with Crippen molar-refractivity contribution in [3.05, 3.63) is 23.2 Å². The Morgan fingerprint density at radius 1 is 1.50 bits per heavy atom. The third-order valence-corrected chi connectivity index (χ3v) is 3.22. The number of benzene rings is 1. The van der Waals surface area contributed by atoms with Crippen LogP contribution in [-0.4, -0.2) is 25.7 Å². The lowest BCUT2D eigenvalue weighted by molar-refractivity contribution is 0.414. The summed E-state index contributed by atoms with van der Waals surface area (Å²) in [4.78, 5) is 2.23. The van der Waals surface area contributed by atoms with Crippen LogP contribution in [0.5, 0.6) is 5.75 Å². The van der Waals surface area contributed by atoms with Gasteiger partial charge >= 0.3 is 0 Å². The van der Waals surface area contributed by atoms with Gasteiger partial charge in [-0.15, -0.1) is 0 Å². The highest BCUT2D eigenvalue weighted by atomic mass is 35.5. The highest BCUT2D eigenvalue weighted by Crippen LogP contribution is 2.34. The fourth-order valence-corrected chi connectivity index (χ4v) is 2.27. The molecular weight excluding hydrogens is 224 g/mol. The second kappa shape index (κ2) is 4.15. The van der Waals surface area contributed by atoms with Crippen molar-refractivity contribution in [2.75, 3.05) is 25.1 Å². The quantitative estimate of drug-likeness (QED) is 0.862. The van der Waals surface area contributed by atoms with E-state index < -0.39 is 0 Å². The molecule has 3 nitrogen and oxygen atoms in total. The molecule has 2 rings (SSSR count). The number of hydrogen-bond donors (Lipinski definition) is 1. The summed E-state index contributed by atoms with van der Waals surface area (Å²) in [5, 5.41) is 0.724. The molecule has 0 saturated carbocycles. The summed E-state index contributed by atoms with van der Waals surface area (Å²) in [6, 6.07) is 5.66. The van der Waals surface area contributed by atoms with Gasteiger partial charge in [0, 0.05) is 23.7 Å². The monoisotopic (exact) mass is 240 g/mol. The van der Waals surface area contributed by atoms with Crippen LogP contribution in [0, 0.1) is 0 Å². The van der Waals surface area contributed by atoms with Crippen LogP contribution in [0.1, 0.15) is 13.3 Å². The molecule has 0 aromatic heterocycles. The minimum Gasteiger partial charge on any atom is -0.495 e. The van der Waals surface area contributed by atoms with Crippen LogP contribution in [0.4, 0.5) is 5.69 Å². The maximum Gasteiger partial charge on any atom is 0.142 e. The van der Waals surface area contributed by atoms with Gasteiger partial charge in [0.25, 0.3) is 0 Å². The van der Waals surface area contributed by atoms with Gasteiger partial charge in [-0.05, 0) is 31.5 Å². The zero-order chi connectivity index (χ0) is 11.8. The molecule has 1 fully saturated rings. The van der Waals surface area contributed by atoms with Gasteiger partial charge in [0.1, 0.15) is 5.75 Å². The number of methoxy groups -OCH3 is 1. The average Bonchev–Trinajstić information content (AvgIpc) is 2.59. The van der Waals surface area contributed by atoms with Crippen molar-refractivity contribution < 1.29 is 4.74 Å². The molecule has 88 valence electrons. The van der Waals surface area contributed by atoms with E-state index >= 15 is 0 Å². The number of anilines is 1. The van der Waals surface area contributed by atoms with Crippen molar-refractivity contribution in [2.24, 2.45) is 5.73 Å². The molecule has 0 radical (unpaired) electrons. The predicted octanol–water partition coefficient (Wildman–Crippen LogP) is 2.28. The first-order valence-electron chi connectivity index (χ1n) is 5.39. The number of nitrogens with two attached hydrogens (primary N) is 1. The van der Waals surface area contributed by atoms with E-state index in [0.29, 0.717) is 0 Å². The molecule has 0 amide bonds. The molecule has 1 heterocycles. The molecule has 1 saturated heterocycles. The largest absolute Gasteiger partial charge is 0.495 e. The van der Waals surface area contributed by atoms with Crippen LogP contribution in [0.3, 0.4) is 0 Å². The lowest BCUT2D eigenvalue weighted by Crippen LogP contribution is -2.39. The number of ether oxygens (including phenoxy) is 1. The first-order chi connectivity index (χ1) is 7.52. The maximum absolute atomic E-state index is 6.12. The molecule has 4 heteroatoms. The Balaban J connectivity index is 2.30. The van der Waals surface area contributed by atoms with E-state index in [1.807, 2.05) is 18.2 Å². The second-order valence-electron chi connectivity index (χ2n) is 4.64. The first kappa shape index (κ1) is 11.6. The minimum absolute atomic E-state index is 0.118. The van der Waals surface area contributed by atoms with E-state index in [0.717, 1.165) is 36.0 Å². The van der Waals surface area contributed by atoms with Crippen LogP contribution in [0.2, 0.25) is 5.02 Å². The van der Waals surface area contributed by atoms with Crippen molar-refractivity contribution in [1.82, 2.24) is 0 Å². The Labute approximate surface area is 101 Å². The van der Waals surface area contributed by atoms with Crippen molar-refractivity contribution in [3.8, 4) is 5.75 Å². The van der Waals surface area contributed by atoms with Gasteiger partial charge < -0.3 is 15.4 Å². The third-order valence-electron chi connectivity index (χ3n) is 2.99. The van der Waals surface area contributed by atoms with E-state index in [-0.39, 0.29) is 5.54 Å². The van der Waals surface area contributed by atoms with Crippen molar-refractivity contribution in [1.29, 1.82) is 0 Å². The van der Waals surface area contributed by atoms with Crippen LogP contribution < -0.4 is 15.4 Å². The summed E-state index contributed by atoms with van der Waals surface area (Å²) in [6.07, 6.45) is 0.989. The van der Waals surface area contributed by atoms with Gasteiger partial charge in [-0.3, -0.25) is 0 Å². The van der Waals surface area contributed by atoms with E-state index in [9.17, 15) is 0 Å². The molecule has 16 heavy (non-hydrogen) atoms. The van der Waals surface area contributed by atoms with Gasteiger partial charge in [-0.1, -0.05) is 11.6 Å². The number of nitrogens with zero attached hydrogens (tertiary/aromatic N) is 1. The summed E-state index contributed by atoms with van der Waals surface area (Å²) in [5.41, 5.74) is 7.03. The van der Waals surface area contributed by atoms with Crippen molar-refractivity contribution in [2.45, 2.75) is 18.9 Å². The lowest BCUT2D eigenvalue weighted by atomic mass is 10.0. The smallest absolute Gasteiger partial charge is 0.142 e. The zero-order valence-corrected chi connectivity index (χ0v) is 10.4. The predicted molar refractivity (Wildman–Crippen MR) is 67.4 cm³/mol. The summed E-state index contributed by atoms with van der Waals surface area (Å²) in [6.45, 7) is 3.86. The normalized spacial score (nSPS) is 24.9. The van der Waals surface area contributed by atoms with Gasteiger partial charge in [-0.25, -0.2) is 0 Å². The molecule has 1 aliphatic heterocycles. The summed E-state index contributed by atoms with van der Waals surface area (Å²) in [7, 11) is 1.67. The van der Waals surface area contributed by atoms with Crippen LogP contribution in [-0.2, 0) is 0 Å². The lowest BCUT2D eigenvalue weighted by Gasteiger charge is -2.23. The van der Waals surface area contributed by atoms with Crippen molar-refractivity contribution >= 4 is 17.3 Å². The topological polar surface area (TPSA) is 38.5 Å². The molecule has 2 N–H and O–H groups in total. The van der Waals surface area contributed by atoms with Crippen LogP contribution >= 0.6 is 11.6 Å². The summed E-state index contributed by atoms with van der Waals surface area (Å²) >= 11 is 6.01. The number of halogens is 1. The molecule has 1 aromatic carbocycles. The van der Waals surface area contributed by atoms with Crippen LogP contribution in [0.25, 0.3) is 0 Å². The molecule has 0 bridgehead atoms. The van der Waals surface area contributed by atoms with E-state index in [4.69, 9.17) is 22.1 Å². The molecular formula is C12H17ClN2O. The highest BCUT2D eigenvalue weighted by molar-refractivity contribution is 6.30. The molecule has 1 unspecified atom stereocenters. The summed E-state index contributed by atoms with van der Waals surface area (Å²) < 4.78 is 5.34. The van der Waals surface area contributed by atoms with Gasteiger partial charge in [0.2, 0.25) is 0 Å². The molecule has 1 atom stereocenters. The Morgan fingerprint density at radius 2 is 2.25 bits per heavy atom. The SMILES string of the molecule is COc1ccc(Cl)cc1N1CCC(C)(N)C1. The number of hydrogen-bond acceptors (Lipinski definition) is 3. The Morgan fingerprint density at radius 3 is 2.81 bits per heavy atom. The Bertz CT molecular complexity index is 393. The molecule has 1 aliphatic rings. The third kappa shape index (κ3) is 2.25. The van der Waals surface area contributed by atoms with E-state index in [1.54, 1.807) is 7.11 Å². The fraction of sp³-hybridized carbons (Fsp3) is 0.500.